The highest BCUT2D eigenvalue weighted by atomic mass is 16.3. The Labute approximate surface area is 182 Å². The van der Waals surface area contributed by atoms with Crippen LogP contribution in [0.2, 0.25) is 0 Å². The quantitative estimate of drug-likeness (QED) is 0.216. The molecule has 0 saturated heterocycles. The number of hydrogen-bond acceptors (Lipinski definition) is 6. The molecule has 0 saturated carbocycles. The lowest BCUT2D eigenvalue weighted by molar-refractivity contribution is 0.0980. The second kappa shape index (κ2) is 10.7. The molecule has 0 heterocycles. The molecule has 5 N–H and O–H groups in total. The number of allylic oxidation sites excluding steroid dienone is 2. The van der Waals surface area contributed by atoms with Gasteiger partial charge in [-0.05, 0) is 63.3 Å². The monoisotopic (exact) mass is 426 g/mol. The van der Waals surface area contributed by atoms with E-state index in [1.165, 1.54) is 18.2 Å². The highest BCUT2D eigenvalue weighted by Gasteiger charge is 2.16. The minimum atomic E-state index is -0.560. The Morgan fingerprint density at radius 2 is 1.74 bits per heavy atom. The lowest BCUT2D eigenvalue weighted by Gasteiger charge is -2.13. The molecule has 6 nitrogen and oxygen atoms in total. The minimum absolute atomic E-state index is 0.0864. The fraction of sp³-hybridized carbons (Fsp3) is 0.320. The minimum Gasteiger partial charge on any atom is -0.508 e. The molecule has 1 unspecified atom stereocenters. The van der Waals surface area contributed by atoms with Crippen LogP contribution in [0, 0.1) is 0 Å². The Bertz CT molecular complexity index is 990. The van der Waals surface area contributed by atoms with Gasteiger partial charge in [-0.1, -0.05) is 29.9 Å². The Hall–Kier alpha value is -3.25. The molecule has 2 aromatic rings. The van der Waals surface area contributed by atoms with E-state index in [0.29, 0.717) is 42.4 Å². The molecular formula is C25H30O6. The predicted molar refractivity (Wildman–Crippen MR) is 120 cm³/mol. The Morgan fingerprint density at radius 3 is 2.39 bits per heavy atom. The van der Waals surface area contributed by atoms with Crippen molar-refractivity contribution in [3.05, 3.63) is 70.8 Å². The summed E-state index contributed by atoms with van der Waals surface area (Å²) in [6.45, 7) is 7.45. The normalized spacial score (nSPS) is 12.5. The fourth-order valence-electron chi connectivity index (χ4n) is 3.26. The summed E-state index contributed by atoms with van der Waals surface area (Å²) in [6.07, 6.45) is 3.35. The SMILES string of the molecule is C=C(C)C(O)CC/C(C)=C/Cc1c(CCC(=O)c2ccc(O)cc2O)ccc(O)c1O. The molecule has 0 aliphatic rings. The number of hydrogen-bond donors (Lipinski definition) is 5. The van der Waals surface area contributed by atoms with Crippen LogP contribution in [0.3, 0.4) is 0 Å². The van der Waals surface area contributed by atoms with E-state index in [4.69, 9.17) is 0 Å². The van der Waals surface area contributed by atoms with E-state index in [9.17, 15) is 30.3 Å². The predicted octanol–water partition coefficient (Wildman–Crippen LogP) is 4.53. The molecule has 0 aliphatic carbocycles. The molecular weight excluding hydrogens is 396 g/mol. The first-order chi connectivity index (χ1) is 14.6. The Kier molecular flexibility index (Phi) is 8.28. The van der Waals surface area contributed by atoms with E-state index in [0.717, 1.165) is 11.6 Å². The number of benzene rings is 2. The van der Waals surface area contributed by atoms with Gasteiger partial charge in [-0.25, -0.2) is 0 Å². The molecule has 0 spiro atoms. The van der Waals surface area contributed by atoms with Gasteiger partial charge in [-0.15, -0.1) is 0 Å². The second-order valence-electron chi connectivity index (χ2n) is 7.85. The van der Waals surface area contributed by atoms with Crippen LogP contribution >= 0.6 is 0 Å². The number of ketones is 1. The first kappa shape index (κ1) is 24.0. The van der Waals surface area contributed by atoms with E-state index in [-0.39, 0.29) is 40.8 Å². The van der Waals surface area contributed by atoms with Crippen molar-refractivity contribution in [1.29, 1.82) is 0 Å². The molecule has 0 bridgehead atoms. The van der Waals surface area contributed by atoms with Gasteiger partial charge in [0.1, 0.15) is 11.5 Å². The number of phenolic OH excluding ortho intramolecular Hbond substituents is 4. The summed E-state index contributed by atoms with van der Waals surface area (Å²) >= 11 is 0. The van der Waals surface area contributed by atoms with Gasteiger partial charge < -0.3 is 25.5 Å². The Morgan fingerprint density at radius 1 is 1.03 bits per heavy atom. The smallest absolute Gasteiger partial charge is 0.166 e. The zero-order valence-electron chi connectivity index (χ0n) is 17.9. The topological polar surface area (TPSA) is 118 Å². The van der Waals surface area contributed by atoms with Crippen LogP contribution in [-0.2, 0) is 12.8 Å². The largest absolute Gasteiger partial charge is 0.508 e. The molecule has 0 aliphatic heterocycles. The van der Waals surface area contributed by atoms with Crippen molar-refractivity contribution in [3.8, 4) is 23.0 Å². The molecule has 2 aromatic carbocycles. The summed E-state index contributed by atoms with van der Waals surface area (Å²) in [5.74, 6) is -1.16. The standard InChI is InChI=1S/C25H30O6/c1-15(2)21(27)11-5-16(3)4-9-19-17(7-13-23(29)25(19)31)6-12-22(28)20-10-8-18(26)14-24(20)30/h4,7-8,10,13-14,21,26-27,29-31H,1,5-6,9,11-12H2,2-3H3/b16-4+. The van der Waals surface area contributed by atoms with Crippen molar-refractivity contribution in [2.24, 2.45) is 0 Å². The van der Waals surface area contributed by atoms with Crippen molar-refractivity contribution < 1.29 is 30.3 Å². The van der Waals surface area contributed by atoms with Gasteiger partial charge in [-0.2, -0.15) is 0 Å². The highest BCUT2D eigenvalue weighted by molar-refractivity contribution is 5.98. The van der Waals surface area contributed by atoms with Gasteiger partial charge in [0.05, 0.1) is 11.7 Å². The third-order valence-corrected chi connectivity index (χ3v) is 5.30. The number of Topliss-reactive ketones (excluding diaryl/α,β-unsaturated/α-hetero) is 1. The van der Waals surface area contributed by atoms with Gasteiger partial charge in [0, 0.05) is 18.1 Å². The molecule has 0 aromatic heterocycles. The number of carbonyl (C=O) groups is 1. The van der Waals surface area contributed by atoms with E-state index in [2.05, 4.69) is 6.58 Å². The van der Waals surface area contributed by atoms with Gasteiger partial charge in [0.15, 0.2) is 17.3 Å². The summed E-state index contributed by atoms with van der Waals surface area (Å²) in [7, 11) is 0. The molecule has 31 heavy (non-hydrogen) atoms. The van der Waals surface area contributed by atoms with Gasteiger partial charge in [0.25, 0.3) is 0 Å². The Balaban J connectivity index is 2.12. The first-order valence-corrected chi connectivity index (χ1v) is 10.2. The number of rotatable bonds is 10. The average Bonchev–Trinajstić information content (AvgIpc) is 2.71. The van der Waals surface area contributed by atoms with Crippen molar-refractivity contribution in [2.75, 3.05) is 0 Å². The van der Waals surface area contributed by atoms with Crippen LogP contribution in [0.5, 0.6) is 23.0 Å². The number of phenols is 4. The maximum Gasteiger partial charge on any atom is 0.166 e. The molecule has 166 valence electrons. The number of carbonyl (C=O) groups excluding carboxylic acids is 1. The van der Waals surface area contributed by atoms with Crippen LogP contribution in [0.15, 0.2) is 54.1 Å². The average molecular weight is 427 g/mol. The third kappa shape index (κ3) is 6.62. The number of aliphatic hydroxyl groups excluding tert-OH is 1. The van der Waals surface area contributed by atoms with Crippen LogP contribution in [-0.4, -0.2) is 37.4 Å². The molecule has 6 heteroatoms. The summed E-state index contributed by atoms with van der Waals surface area (Å²) in [5, 5.41) is 49.4. The first-order valence-electron chi connectivity index (χ1n) is 10.2. The van der Waals surface area contributed by atoms with Gasteiger partial charge >= 0.3 is 0 Å². The molecule has 0 fully saturated rings. The van der Waals surface area contributed by atoms with E-state index < -0.39 is 6.10 Å². The van der Waals surface area contributed by atoms with E-state index in [1.807, 2.05) is 13.0 Å². The lowest BCUT2D eigenvalue weighted by atomic mass is 9.95. The molecule has 0 amide bonds. The van der Waals surface area contributed by atoms with Crippen LogP contribution in [0.1, 0.15) is 54.6 Å². The number of aromatic hydroxyl groups is 4. The summed E-state index contributed by atoms with van der Waals surface area (Å²) < 4.78 is 0. The highest BCUT2D eigenvalue weighted by Crippen LogP contribution is 2.33. The lowest BCUT2D eigenvalue weighted by Crippen LogP contribution is -2.07. The van der Waals surface area contributed by atoms with Crippen molar-refractivity contribution in [3.63, 3.8) is 0 Å². The fourth-order valence-corrected chi connectivity index (χ4v) is 3.26. The van der Waals surface area contributed by atoms with E-state index in [1.54, 1.807) is 13.0 Å². The van der Waals surface area contributed by atoms with Crippen LogP contribution in [0.4, 0.5) is 0 Å². The number of aryl methyl sites for hydroxylation is 1. The molecule has 0 radical (unpaired) electrons. The van der Waals surface area contributed by atoms with Crippen molar-refractivity contribution >= 4 is 5.78 Å². The molecule has 1 atom stereocenters. The van der Waals surface area contributed by atoms with Crippen LogP contribution < -0.4 is 0 Å². The number of aliphatic hydroxyl groups is 1. The summed E-state index contributed by atoms with van der Waals surface area (Å²) in [5.41, 5.74) is 3.11. The summed E-state index contributed by atoms with van der Waals surface area (Å²) in [6, 6.07) is 6.87. The molecule has 2 rings (SSSR count). The van der Waals surface area contributed by atoms with Crippen LogP contribution in [0.25, 0.3) is 0 Å². The van der Waals surface area contributed by atoms with Crippen molar-refractivity contribution in [2.45, 2.75) is 52.1 Å². The van der Waals surface area contributed by atoms with E-state index >= 15 is 0 Å². The van der Waals surface area contributed by atoms with Gasteiger partial charge in [-0.3, -0.25) is 4.79 Å². The summed E-state index contributed by atoms with van der Waals surface area (Å²) in [4.78, 5) is 12.5. The van der Waals surface area contributed by atoms with Gasteiger partial charge in [0.2, 0.25) is 0 Å². The zero-order valence-corrected chi connectivity index (χ0v) is 17.9. The zero-order chi connectivity index (χ0) is 23.1. The van der Waals surface area contributed by atoms with Crippen molar-refractivity contribution in [1.82, 2.24) is 0 Å². The third-order valence-electron chi connectivity index (χ3n) is 5.30. The second-order valence-corrected chi connectivity index (χ2v) is 7.85. The maximum absolute atomic E-state index is 12.5. The maximum atomic E-state index is 12.5.